The number of nitrogen functional groups attached to an aromatic ring is 1. The molecule has 1 saturated heterocycles. The largest absolute Gasteiger partial charge is 0.398 e. The lowest BCUT2D eigenvalue weighted by atomic mass is 9.97. The molecule has 0 amide bonds. The Morgan fingerprint density at radius 1 is 0.892 bits per heavy atom. The molecular formula is C32H35N3O2. The van der Waals surface area contributed by atoms with E-state index in [2.05, 4.69) is 45.9 Å². The highest BCUT2D eigenvalue weighted by Crippen LogP contribution is 2.35. The van der Waals surface area contributed by atoms with Crippen LogP contribution in [0.3, 0.4) is 0 Å². The quantitative estimate of drug-likeness (QED) is 0.244. The van der Waals surface area contributed by atoms with Crippen molar-refractivity contribution in [3.8, 4) is 11.1 Å². The number of anilines is 1. The van der Waals surface area contributed by atoms with Gasteiger partial charge in [-0.25, -0.2) is 0 Å². The van der Waals surface area contributed by atoms with Crippen LogP contribution in [0.25, 0.3) is 22.0 Å². The molecule has 3 aromatic carbocycles. The predicted octanol–water partition coefficient (Wildman–Crippen LogP) is 5.60. The van der Waals surface area contributed by atoms with Crippen molar-refractivity contribution < 1.29 is 9.53 Å². The van der Waals surface area contributed by atoms with Gasteiger partial charge in [0.1, 0.15) is 0 Å². The first-order valence-electron chi connectivity index (χ1n) is 13.5. The van der Waals surface area contributed by atoms with Gasteiger partial charge in [-0.2, -0.15) is 0 Å². The van der Waals surface area contributed by atoms with Crippen molar-refractivity contribution in [1.82, 2.24) is 9.47 Å². The number of hydrogen-bond donors (Lipinski definition) is 1. The highest BCUT2D eigenvalue weighted by atomic mass is 16.5. The number of ketones is 1. The molecule has 1 aliphatic carbocycles. The highest BCUT2D eigenvalue weighted by Gasteiger charge is 2.24. The Morgan fingerprint density at radius 2 is 1.70 bits per heavy atom. The topological polar surface area (TPSA) is 60.5 Å². The summed E-state index contributed by atoms with van der Waals surface area (Å²) in [5.41, 5.74) is 13.4. The van der Waals surface area contributed by atoms with Crippen molar-refractivity contribution in [2.24, 2.45) is 5.92 Å². The van der Waals surface area contributed by atoms with E-state index in [9.17, 15) is 4.79 Å². The first-order valence-corrected chi connectivity index (χ1v) is 13.5. The van der Waals surface area contributed by atoms with Crippen LogP contribution < -0.4 is 5.73 Å². The summed E-state index contributed by atoms with van der Waals surface area (Å²) in [5.74, 6) is 0.913. The molecule has 1 aromatic heterocycles. The molecule has 1 aliphatic heterocycles. The zero-order valence-electron chi connectivity index (χ0n) is 21.4. The molecule has 1 saturated carbocycles. The lowest BCUT2D eigenvalue weighted by molar-refractivity contribution is 0.0364. The van der Waals surface area contributed by atoms with Gasteiger partial charge in [-0.15, -0.1) is 0 Å². The second-order valence-electron chi connectivity index (χ2n) is 10.5. The van der Waals surface area contributed by atoms with Crippen molar-refractivity contribution >= 4 is 22.4 Å². The summed E-state index contributed by atoms with van der Waals surface area (Å²) in [5, 5.41) is 1.16. The van der Waals surface area contributed by atoms with Gasteiger partial charge in [-0.3, -0.25) is 9.69 Å². The highest BCUT2D eigenvalue weighted by molar-refractivity contribution is 6.01. The van der Waals surface area contributed by atoms with Gasteiger partial charge < -0.3 is 15.0 Å². The van der Waals surface area contributed by atoms with Gasteiger partial charge in [0, 0.05) is 60.4 Å². The summed E-state index contributed by atoms with van der Waals surface area (Å²) in [6, 6.07) is 24.7. The van der Waals surface area contributed by atoms with E-state index in [0.29, 0.717) is 12.1 Å². The number of aromatic nitrogens is 1. The lowest BCUT2D eigenvalue weighted by Gasteiger charge is -2.27. The molecule has 0 bridgehead atoms. The summed E-state index contributed by atoms with van der Waals surface area (Å²) in [7, 11) is 0. The van der Waals surface area contributed by atoms with Gasteiger partial charge in [-0.05, 0) is 78.3 Å². The van der Waals surface area contributed by atoms with Gasteiger partial charge >= 0.3 is 0 Å². The van der Waals surface area contributed by atoms with Crippen LogP contribution in [0, 0.1) is 5.92 Å². The maximum Gasteiger partial charge on any atom is 0.167 e. The van der Waals surface area contributed by atoms with E-state index >= 15 is 0 Å². The molecule has 37 heavy (non-hydrogen) atoms. The predicted molar refractivity (Wildman–Crippen MR) is 150 cm³/mol. The Balaban J connectivity index is 1.24. The molecule has 0 spiro atoms. The standard InChI is InChI=1S/C32H35N3O2/c33-30-10-8-25(24-4-2-1-3-5-24)19-27(30)22-32(36)26-9-11-31-28(20-26)21-29(18-23-6-7-23)35(31)13-12-34-14-16-37-17-15-34/h1-5,8-11,19-21,23H,6-7,12-18,22,33H2. The van der Waals surface area contributed by atoms with Gasteiger partial charge in [-0.1, -0.05) is 36.4 Å². The summed E-state index contributed by atoms with van der Waals surface area (Å²) >= 11 is 0. The van der Waals surface area contributed by atoms with Crippen molar-refractivity contribution in [3.63, 3.8) is 0 Å². The number of carbonyl (C=O) groups excluding carboxylic acids is 1. The molecule has 4 aromatic rings. The van der Waals surface area contributed by atoms with Crippen molar-refractivity contribution in [1.29, 1.82) is 0 Å². The summed E-state index contributed by atoms with van der Waals surface area (Å²) in [6.45, 7) is 5.66. The van der Waals surface area contributed by atoms with Crippen LogP contribution in [0.15, 0.2) is 72.8 Å². The first kappa shape index (κ1) is 24.0. The minimum Gasteiger partial charge on any atom is -0.398 e. The van der Waals surface area contributed by atoms with Gasteiger partial charge in [0.2, 0.25) is 0 Å². The smallest absolute Gasteiger partial charge is 0.167 e. The van der Waals surface area contributed by atoms with Crippen LogP contribution in [0.1, 0.15) is 34.5 Å². The molecule has 2 N–H and O–H groups in total. The molecule has 5 heteroatoms. The normalized spacial score (nSPS) is 16.3. The number of nitrogens with zero attached hydrogens (tertiary/aromatic N) is 2. The molecule has 2 fully saturated rings. The fourth-order valence-electron chi connectivity index (χ4n) is 5.46. The maximum atomic E-state index is 13.4. The van der Waals surface area contributed by atoms with Crippen LogP contribution in [0.4, 0.5) is 5.69 Å². The Labute approximate surface area is 218 Å². The number of hydrogen-bond acceptors (Lipinski definition) is 4. The minimum atomic E-state index is 0.101. The average molecular weight is 494 g/mol. The Kier molecular flexibility index (Phi) is 6.81. The summed E-state index contributed by atoms with van der Waals surface area (Å²) < 4.78 is 8.00. The molecule has 6 rings (SSSR count). The van der Waals surface area contributed by atoms with E-state index in [-0.39, 0.29) is 5.78 Å². The Bertz CT molecular complexity index is 1400. The average Bonchev–Trinajstić information content (AvgIpc) is 3.69. The fraction of sp³-hybridized carbons (Fsp3) is 0.344. The second kappa shape index (κ2) is 10.5. The molecule has 2 aliphatic rings. The number of Topliss-reactive ketones (excluding diaryl/α,β-unsaturated/α-hetero) is 1. The van der Waals surface area contributed by atoms with Crippen LogP contribution in [0.5, 0.6) is 0 Å². The summed E-state index contributed by atoms with van der Waals surface area (Å²) in [6.07, 6.45) is 4.09. The third-order valence-corrected chi connectivity index (χ3v) is 7.85. The SMILES string of the molecule is Nc1ccc(-c2ccccc2)cc1CC(=O)c1ccc2c(c1)cc(CC1CC1)n2CCN1CCOCC1. The number of fused-ring (bicyclic) bond motifs is 1. The van der Waals surface area contributed by atoms with E-state index in [0.717, 1.165) is 79.4 Å². The number of morpholine rings is 1. The number of ether oxygens (including phenoxy) is 1. The van der Waals surface area contributed by atoms with Crippen LogP contribution in [-0.4, -0.2) is 48.1 Å². The molecule has 5 nitrogen and oxygen atoms in total. The molecule has 2 heterocycles. The van der Waals surface area contributed by atoms with Crippen LogP contribution in [-0.2, 0) is 24.1 Å². The third kappa shape index (κ3) is 5.48. The van der Waals surface area contributed by atoms with Gasteiger partial charge in [0.15, 0.2) is 5.78 Å². The van der Waals surface area contributed by atoms with Gasteiger partial charge in [0.25, 0.3) is 0 Å². The van der Waals surface area contributed by atoms with E-state index in [1.165, 1.54) is 24.1 Å². The van der Waals surface area contributed by atoms with E-state index in [1.54, 1.807) is 0 Å². The number of rotatable bonds is 9. The maximum absolute atomic E-state index is 13.4. The molecular weight excluding hydrogens is 458 g/mol. The Morgan fingerprint density at radius 3 is 2.49 bits per heavy atom. The Hall–Kier alpha value is -3.41. The number of nitrogens with two attached hydrogens (primary N) is 1. The number of benzene rings is 3. The first-order chi connectivity index (χ1) is 18.1. The van der Waals surface area contributed by atoms with Crippen molar-refractivity contribution in [3.05, 3.63) is 89.6 Å². The van der Waals surface area contributed by atoms with Crippen LogP contribution >= 0.6 is 0 Å². The fourth-order valence-corrected chi connectivity index (χ4v) is 5.46. The van der Waals surface area contributed by atoms with Crippen LogP contribution in [0.2, 0.25) is 0 Å². The third-order valence-electron chi connectivity index (χ3n) is 7.85. The van der Waals surface area contributed by atoms with E-state index in [4.69, 9.17) is 10.5 Å². The van der Waals surface area contributed by atoms with E-state index < -0.39 is 0 Å². The van der Waals surface area contributed by atoms with Crippen molar-refractivity contribution in [2.45, 2.75) is 32.2 Å². The zero-order chi connectivity index (χ0) is 25.2. The number of carbonyl (C=O) groups is 1. The van der Waals surface area contributed by atoms with E-state index in [1.807, 2.05) is 36.4 Å². The molecule has 190 valence electrons. The zero-order valence-corrected chi connectivity index (χ0v) is 21.4. The molecule has 0 atom stereocenters. The van der Waals surface area contributed by atoms with Crippen molar-refractivity contribution in [2.75, 3.05) is 38.6 Å². The second-order valence-corrected chi connectivity index (χ2v) is 10.5. The molecule has 0 radical (unpaired) electrons. The minimum absolute atomic E-state index is 0.101. The monoisotopic (exact) mass is 493 g/mol. The lowest BCUT2D eigenvalue weighted by Crippen LogP contribution is -2.38. The van der Waals surface area contributed by atoms with Gasteiger partial charge in [0.05, 0.1) is 13.2 Å². The summed E-state index contributed by atoms with van der Waals surface area (Å²) in [4.78, 5) is 15.9. The molecule has 0 unspecified atom stereocenters.